The highest BCUT2D eigenvalue weighted by molar-refractivity contribution is 7.80. The van der Waals surface area contributed by atoms with E-state index >= 15 is 0 Å². The van der Waals surface area contributed by atoms with Crippen LogP contribution in [0.4, 0.5) is 5.82 Å². The minimum atomic E-state index is 0.126. The van der Waals surface area contributed by atoms with Crippen LogP contribution in [0.25, 0.3) is 0 Å². The van der Waals surface area contributed by atoms with Crippen LogP contribution in [0.3, 0.4) is 0 Å². The van der Waals surface area contributed by atoms with Crippen LogP contribution in [-0.4, -0.2) is 9.97 Å². The van der Waals surface area contributed by atoms with Crippen LogP contribution in [0.5, 0.6) is 0 Å². The molecule has 0 fully saturated rings. The predicted octanol–water partition coefficient (Wildman–Crippen LogP) is 3.10. The standard InChI is InChI=1S/C14H17N3OS/c1-8-6-12(10(3)18-8)9(2)17-13-5-4-11(7-16-13)14(15)19/h4-7,9H,1-3H3,(H2,15,19)(H,16,17). The van der Waals surface area contributed by atoms with Gasteiger partial charge in [-0.1, -0.05) is 12.2 Å². The van der Waals surface area contributed by atoms with Gasteiger partial charge in [0.1, 0.15) is 22.3 Å². The molecule has 0 aliphatic heterocycles. The van der Waals surface area contributed by atoms with Crippen molar-refractivity contribution in [2.75, 3.05) is 5.32 Å². The van der Waals surface area contributed by atoms with Crippen molar-refractivity contribution in [3.8, 4) is 0 Å². The SMILES string of the molecule is Cc1cc(C(C)Nc2ccc(C(N)=S)cn2)c(C)o1. The lowest BCUT2D eigenvalue weighted by atomic mass is 10.1. The molecule has 100 valence electrons. The number of furan rings is 1. The van der Waals surface area contributed by atoms with Gasteiger partial charge in [0.15, 0.2) is 0 Å². The molecule has 0 aliphatic carbocycles. The van der Waals surface area contributed by atoms with Gasteiger partial charge in [-0.25, -0.2) is 4.98 Å². The van der Waals surface area contributed by atoms with Crippen molar-refractivity contribution >= 4 is 23.0 Å². The molecular formula is C14H17N3OS. The highest BCUT2D eigenvalue weighted by Crippen LogP contribution is 2.24. The minimum absolute atomic E-state index is 0.126. The van der Waals surface area contributed by atoms with E-state index in [1.165, 1.54) is 0 Å². The van der Waals surface area contributed by atoms with Crippen molar-refractivity contribution in [1.29, 1.82) is 0 Å². The van der Waals surface area contributed by atoms with Crippen LogP contribution in [0, 0.1) is 13.8 Å². The quantitative estimate of drug-likeness (QED) is 0.839. The average Bonchev–Trinajstić information content (AvgIpc) is 2.69. The zero-order valence-electron chi connectivity index (χ0n) is 11.2. The van der Waals surface area contributed by atoms with E-state index in [0.717, 1.165) is 28.5 Å². The molecule has 3 N–H and O–H groups in total. The van der Waals surface area contributed by atoms with Gasteiger partial charge in [0.05, 0.1) is 6.04 Å². The summed E-state index contributed by atoms with van der Waals surface area (Å²) in [6.45, 7) is 5.98. The fraction of sp³-hybridized carbons (Fsp3) is 0.286. The van der Waals surface area contributed by atoms with Gasteiger partial charge < -0.3 is 15.5 Å². The van der Waals surface area contributed by atoms with Crippen molar-refractivity contribution in [2.24, 2.45) is 5.73 Å². The van der Waals surface area contributed by atoms with Gasteiger partial charge >= 0.3 is 0 Å². The van der Waals surface area contributed by atoms with E-state index in [1.54, 1.807) is 6.20 Å². The number of hydrogen-bond acceptors (Lipinski definition) is 4. The van der Waals surface area contributed by atoms with Gasteiger partial charge in [-0.3, -0.25) is 0 Å². The molecule has 2 aromatic rings. The van der Waals surface area contributed by atoms with E-state index in [4.69, 9.17) is 22.4 Å². The molecule has 0 bridgehead atoms. The number of thiocarbonyl (C=S) groups is 1. The predicted molar refractivity (Wildman–Crippen MR) is 80.3 cm³/mol. The van der Waals surface area contributed by atoms with Crippen LogP contribution >= 0.6 is 12.2 Å². The van der Waals surface area contributed by atoms with E-state index in [1.807, 2.05) is 32.0 Å². The summed E-state index contributed by atoms with van der Waals surface area (Å²) in [7, 11) is 0. The maximum absolute atomic E-state index is 5.54. The molecular weight excluding hydrogens is 258 g/mol. The first-order chi connectivity index (χ1) is 8.97. The number of aryl methyl sites for hydroxylation is 2. The van der Waals surface area contributed by atoms with E-state index in [9.17, 15) is 0 Å². The van der Waals surface area contributed by atoms with Gasteiger partial charge in [-0.2, -0.15) is 0 Å². The highest BCUT2D eigenvalue weighted by Gasteiger charge is 2.12. The largest absolute Gasteiger partial charge is 0.466 e. The first-order valence-electron chi connectivity index (χ1n) is 6.06. The Labute approximate surface area is 118 Å². The molecule has 0 saturated heterocycles. The van der Waals surface area contributed by atoms with Crippen molar-refractivity contribution in [1.82, 2.24) is 4.98 Å². The smallest absolute Gasteiger partial charge is 0.126 e. The first kappa shape index (κ1) is 13.5. The van der Waals surface area contributed by atoms with Crippen LogP contribution < -0.4 is 11.1 Å². The van der Waals surface area contributed by atoms with Crippen LogP contribution in [0.1, 0.15) is 35.6 Å². The number of nitrogens with one attached hydrogen (secondary N) is 1. The lowest BCUT2D eigenvalue weighted by Crippen LogP contribution is -2.11. The van der Waals surface area contributed by atoms with Crippen molar-refractivity contribution in [2.45, 2.75) is 26.8 Å². The molecule has 0 aliphatic rings. The molecule has 1 unspecified atom stereocenters. The second kappa shape index (κ2) is 5.40. The van der Waals surface area contributed by atoms with Gasteiger partial charge in [-0.15, -0.1) is 0 Å². The van der Waals surface area contributed by atoms with Gasteiger partial charge in [-0.05, 0) is 39.0 Å². The van der Waals surface area contributed by atoms with Gasteiger partial charge in [0.2, 0.25) is 0 Å². The van der Waals surface area contributed by atoms with Crippen LogP contribution in [0.15, 0.2) is 28.8 Å². The molecule has 0 saturated carbocycles. The number of rotatable bonds is 4. The van der Waals surface area contributed by atoms with E-state index in [-0.39, 0.29) is 6.04 Å². The summed E-state index contributed by atoms with van der Waals surface area (Å²) in [5, 5.41) is 3.32. The molecule has 4 nitrogen and oxygen atoms in total. The van der Waals surface area contributed by atoms with Crippen molar-refractivity contribution in [3.63, 3.8) is 0 Å². The summed E-state index contributed by atoms with van der Waals surface area (Å²) in [4.78, 5) is 4.65. The number of pyridine rings is 1. The molecule has 2 heterocycles. The van der Waals surface area contributed by atoms with Crippen LogP contribution in [-0.2, 0) is 0 Å². The van der Waals surface area contributed by atoms with Crippen molar-refractivity contribution in [3.05, 3.63) is 47.0 Å². The maximum Gasteiger partial charge on any atom is 0.126 e. The summed E-state index contributed by atoms with van der Waals surface area (Å²) < 4.78 is 5.53. The molecule has 0 aromatic carbocycles. The Bertz CT molecular complexity index is 589. The van der Waals surface area contributed by atoms with Crippen LogP contribution in [0.2, 0.25) is 0 Å². The van der Waals surface area contributed by atoms with Gasteiger partial charge in [0, 0.05) is 17.3 Å². The van der Waals surface area contributed by atoms with Crippen molar-refractivity contribution < 1.29 is 4.42 Å². The number of anilines is 1. The zero-order valence-corrected chi connectivity index (χ0v) is 12.0. The second-order valence-corrected chi connectivity index (χ2v) is 4.97. The topological polar surface area (TPSA) is 64.1 Å². The van der Waals surface area contributed by atoms with Gasteiger partial charge in [0.25, 0.3) is 0 Å². The Hall–Kier alpha value is -1.88. The Morgan fingerprint density at radius 3 is 2.63 bits per heavy atom. The zero-order chi connectivity index (χ0) is 14.0. The van der Waals surface area contributed by atoms with E-state index in [0.29, 0.717) is 4.99 Å². The highest BCUT2D eigenvalue weighted by atomic mass is 32.1. The Kier molecular flexibility index (Phi) is 3.85. The second-order valence-electron chi connectivity index (χ2n) is 4.53. The summed E-state index contributed by atoms with van der Waals surface area (Å²) in [5.74, 6) is 2.63. The third-order valence-corrected chi connectivity index (χ3v) is 3.19. The Morgan fingerprint density at radius 2 is 2.16 bits per heavy atom. The molecule has 0 amide bonds. The number of nitrogens with two attached hydrogens (primary N) is 1. The third-order valence-electron chi connectivity index (χ3n) is 2.96. The summed E-state index contributed by atoms with van der Waals surface area (Å²) in [6.07, 6.45) is 1.67. The molecule has 2 rings (SSSR count). The normalized spacial score (nSPS) is 12.2. The number of hydrogen-bond donors (Lipinski definition) is 2. The Morgan fingerprint density at radius 1 is 1.42 bits per heavy atom. The molecule has 0 radical (unpaired) electrons. The molecule has 19 heavy (non-hydrogen) atoms. The molecule has 1 atom stereocenters. The lowest BCUT2D eigenvalue weighted by Gasteiger charge is -2.14. The minimum Gasteiger partial charge on any atom is -0.466 e. The van der Waals surface area contributed by atoms with E-state index in [2.05, 4.69) is 17.2 Å². The number of aromatic nitrogens is 1. The summed E-state index contributed by atoms with van der Waals surface area (Å²) in [6, 6.07) is 5.89. The summed E-state index contributed by atoms with van der Waals surface area (Å²) >= 11 is 4.89. The first-order valence-corrected chi connectivity index (χ1v) is 6.47. The fourth-order valence-electron chi connectivity index (χ4n) is 2.00. The maximum atomic E-state index is 5.54. The molecule has 5 heteroatoms. The average molecular weight is 275 g/mol. The fourth-order valence-corrected chi connectivity index (χ4v) is 2.13. The van der Waals surface area contributed by atoms with E-state index < -0.39 is 0 Å². The Balaban J connectivity index is 2.12. The third kappa shape index (κ3) is 3.12. The summed E-state index contributed by atoms with van der Waals surface area (Å²) in [5.41, 5.74) is 7.44. The lowest BCUT2D eigenvalue weighted by molar-refractivity contribution is 0.500. The molecule has 0 spiro atoms. The monoisotopic (exact) mass is 275 g/mol. The number of nitrogens with zero attached hydrogens (tertiary/aromatic N) is 1. The molecule has 2 aromatic heterocycles.